The third kappa shape index (κ3) is 3.35. The van der Waals surface area contributed by atoms with Crippen molar-refractivity contribution in [1.82, 2.24) is 9.97 Å². The third-order valence-corrected chi connectivity index (χ3v) is 3.08. The fourth-order valence-corrected chi connectivity index (χ4v) is 2.36. The summed E-state index contributed by atoms with van der Waals surface area (Å²) in [6, 6.07) is 0. The number of hydrogen-bond acceptors (Lipinski definition) is 5. The molecule has 0 amide bonds. The summed E-state index contributed by atoms with van der Waals surface area (Å²) >= 11 is 1.57. The lowest BCUT2D eigenvalue weighted by Gasteiger charge is -2.15. The van der Waals surface area contributed by atoms with Gasteiger partial charge < -0.3 is 10.4 Å². The quantitative estimate of drug-likeness (QED) is 0.590. The van der Waals surface area contributed by atoms with Crippen LogP contribution in [0.15, 0.2) is 11.4 Å². The Kier molecular flexibility index (Phi) is 5.55. The van der Waals surface area contributed by atoms with E-state index in [1.165, 1.54) is 0 Å². The van der Waals surface area contributed by atoms with Crippen LogP contribution in [0.5, 0.6) is 0 Å². The zero-order valence-corrected chi connectivity index (χ0v) is 10.8. The second-order valence-electron chi connectivity index (χ2n) is 3.70. The molecule has 1 rings (SSSR count). The Bertz CT molecular complexity index is 331. The van der Waals surface area contributed by atoms with Crippen LogP contribution >= 0.6 is 11.8 Å². The first-order valence-corrected chi connectivity index (χ1v) is 6.51. The van der Waals surface area contributed by atoms with E-state index >= 15 is 0 Å². The number of nitrogens with zero attached hydrogens (tertiary/aromatic N) is 2. The summed E-state index contributed by atoms with van der Waals surface area (Å²) in [7, 11) is 0. The van der Waals surface area contributed by atoms with Crippen LogP contribution in [0.4, 0.5) is 5.82 Å². The Hall–Kier alpha value is -0.810. The number of aromatic nitrogens is 2. The molecule has 0 fully saturated rings. The molecular weight excluding hydrogens is 222 g/mol. The summed E-state index contributed by atoms with van der Waals surface area (Å²) in [6.07, 6.45) is 1.57. The van der Waals surface area contributed by atoms with Crippen LogP contribution in [0, 0.1) is 0 Å². The molecule has 90 valence electrons. The average molecular weight is 241 g/mol. The van der Waals surface area contributed by atoms with Crippen molar-refractivity contribution in [2.24, 2.45) is 0 Å². The van der Waals surface area contributed by atoms with Gasteiger partial charge in [-0.05, 0) is 12.8 Å². The van der Waals surface area contributed by atoms with Gasteiger partial charge in [-0.1, -0.05) is 13.8 Å². The molecule has 0 aliphatic carbocycles. The molecule has 0 radical (unpaired) electrons. The third-order valence-electron chi connectivity index (χ3n) is 2.10. The fourth-order valence-electron chi connectivity index (χ4n) is 1.47. The van der Waals surface area contributed by atoms with Gasteiger partial charge in [-0.15, -0.1) is 11.8 Å². The van der Waals surface area contributed by atoms with Gasteiger partial charge in [0.1, 0.15) is 17.2 Å². The first-order chi connectivity index (χ1) is 7.70. The summed E-state index contributed by atoms with van der Waals surface area (Å²) in [5, 5.41) is 13.1. The number of hydrogen-bond donors (Lipinski definition) is 2. The molecule has 0 aliphatic rings. The van der Waals surface area contributed by atoms with Gasteiger partial charge in [0.25, 0.3) is 0 Å². The Labute approximate surface area is 101 Å². The van der Waals surface area contributed by atoms with E-state index in [1.807, 2.05) is 6.92 Å². The molecule has 16 heavy (non-hydrogen) atoms. The van der Waals surface area contributed by atoms with Gasteiger partial charge in [0.05, 0.1) is 6.61 Å². The van der Waals surface area contributed by atoms with Crippen molar-refractivity contribution in [3.05, 3.63) is 11.9 Å². The number of rotatable bonds is 6. The van der Waals surface area contributed by atoms with Crippen molar-refractivity contribution in [3.8, 4) is 0 Å². The predicted molar refractivity (Wildman–Crippen MR) is 68.1 cm³/mol. The second kappa shape index (κ2) is 6.70. The van der Waals surface area contributed by atoms with Crippen molar-refractivity contribution in [1.29, 1.82) is 0 Å². The monoisotopic (exact) mass is 241 g/mol. The Balaban J connectivity index is 3.00. The molecule has 0 bridgehead atoms. The van der Waals surface area contributed by atoms with E-state index in [1.54, 1.807) is 18.1 Å². The largest absolute Gasteiger partial charge is 0.396 e. The number of thioether (sulfide) groups is 1. The van der Waals surface area contributed by atoms with E-state index in [0.29, 0.717) is 11.7 Å². The minimum atomic E-state index is 0.169. The highest BCUT2D eigenvalue weighted by atomic mass is 32.2. The summed E-state index contributed by atoms with van der Waals surface area (Å²) in [5.74, 6) is 1.95. The molecule has 0 saturated heterocycles. The SMILES string of the molecule is CCNc1ncnc(SCCO)c1C(C)C. The van der Waals surface area contributed by atoms with Gasteiger partial charge in [-0.25, -0.2) is 9.97 Å². The van der Waals surface area contributed by atoms with Crippen LogP contribution in [0.25, 0.3) is 0 Å². The van der Waals surface area contributed by atoms with E-state index in [9.17, 15) is 0 Å². The first-order valence-electron chi connectivity index (χ1n) is 5.53. The Morgan fingerprint density at radius 2 is 2.19 bits per heavy atom. The highest BCUT2D eigenvalue weighted by Gasteiger charge is 2.14. The lowest BCUT2D eigenvalue weighted by Crippen LogP contribution is -2.07. The number of anilines is 1. The number of aliphatic hydroxyl groups excluding tert-OH is 1. The molecule has 0 aromatic carbocycles. The molecular formula is C11H19N3OS. The van der Waals surface area contributed by atoms with E-state index in [0.717, 1.165) is 23.0 Å². The normalized spacial score (nSPS) is 10.8. The number of nitrogens with one attached hydrogen (secondary N) is 1. The van der Waals surface area contributed by atoms with Crippen molar-refractivity contribution >= 4 is 17.6 Å². The van der Waals surface area contributed by atoms with E-state index in [2.05, 4.69) is 29.1 Å². The van der Waals surface area contributed by atoms with Crippen LogP contribution in [0.2, 0.25) is 0 Å². The summed E-state index contributed by atoms with van der Waals surface area (Å²) in [4.78, 5) is 8.54. The maximum Gasteiger partial charge on any atom is 0.133 e. The Morgan fingerprint density at radius 1 is 1.44 bits per heavy atom. The minimum Gasteiger partial charge on any atom is -0.396 e. The van der Waals surface area contributed by atoms with Crippen LogP contribution in [-0.4, -0.2) is 34.0 Å². The lowest BCUT2D eigenvalue weighted by molar-refractivity contribution is 0.322. The number of aliphatic hydroxyl groups is 1. The smallest absolute Gasteiger partial charge is 0.133 e. The molecule has 1 heterocycles. The molecule has 0 saturated carbocycles. The summed E-state index contributed by atoms with van der Waals surface area (Å²) < 4.78 is 0. The predicted octanol–water partition coefficient (Wildman–Crippen LogP) is 2.12. The molecule has 0 unspecified atom stereocenters. The molecule has 0 aliphatic heterocycles. The van der Waals surface area contributed by atoms with Crippen LogP contribution < -0.4 is 5.32 Å². The average Bonchev–Trinajstić information content (AvgIpc) is 2.26. The van der Waals surface area contributed by atoms with Gasteiger partial charge in [0.2, 0.25) is 0 Å². The molecule has 1 aromatic rings. The van der Waals surface area contributed by atoms with Gasteiger partial charge in [-0.3, -0.25) is 0 Å². The molecule has 4 nitrogen and oxygen atoms in total. The summed E-state index contributed by atoms with van der Waals surface area (Å²) in [6.45, 7) is 7.32. The minimum absolute atomic E-state index is 0.169. The van der Waals surface area contributed by atoms with Gasteiger partial charge >= 0.3 is 0 Å². The Morgan fingerprint density at radius 3 is 2.75 bits per heavy atom. The molecule has 0 spiro atoms. The van der Waals surface area contributed by atoms with E-state index in [-0.39, 0.29) is 6.61 Å². The standard InChI is InChI=1S/C11H19N3OS/c1-4-12-10-9(8(2)3)11(14-7-13-10)16-6-5-15/h7-8,15H,4-6H2,1-3H3,(H,12,13,14). The van der Waals surface area contributed by atoms with Crippen molar-refractivity contribution in [2.75, 3.05) is 24.2 Å². The molecule has 1 aromatic heterocycles. The highest BCUT2D eigenvalue weighted by molar-refractivity contribution is 7.99. The molecule has 0 atom stereocenters. The van der Waals surface area contributed by atoms with E-state index in [4.69, 9.17) is 5.11 Å². The van der Waals surface area contributed by atoms with Crippen molar-refractivity contribution in [2.45, 2.75) is 31.7 Å². The van der Waals surface area contributed by atoms with Crippen molar-refractivity contribution < 1.29 is 5.11 Å². The van der Waals surface area contributed by atoms with Gasteiger partial charge in [-0.2, -0.15) is 0 Å². The maximum atomic E-state index is 8.85. The van der Waals surface area contributed by atoms with Gasteiger partial charge in [0.15, 0.2) is 0 Å². The maximum absolute atomic E-state index is 8.85. The topological polar surface area (TPSA) is 58.0 Å². The lowest BCUT2D eigenvalue weighted by atomic mass is 10.1. The van der Waals surface area contributed by atoms with Crippen LogP contribution in [-0.2, 0) is 0 Å². The first kappa shape index (κ1) is 13.3. The van der Waals surface area contributed by atoms with Crippen molar-refractivity contribution in [3.63, 3.8) is 0 Å². The zero-order chi connectivity index (χ0) is 12.0. The summed E-state index contributed by atoms with van der Waals surface area (Å²) in [5.41, 5.74) is 1.14. The van der Waals surface area contributed by atoms with Crippen LogP contribution in [0.3, 0.4) is 0 Å². The highest BCUT2D eigenvalue weighted by Crippen LogP contribution is 2.30. The zero-order valence-electron chi connectivity index (χ0n) is 10.0. The van der Waals surface area contributed by atoms with E-state index < -0.39 is 0 Å². The molecule has 5 heteroatoms. The molecule has 2 N–H and O–H groups in total. The van der Waals surface area contributed by atoms with Crippen LogP contribution in [0.1, 0.15) is 32.3 Å². The van der Waals surface area contributed by atoms with Gasteiger partial charge in [0, 0.05) is 17.9 Å². The second-order valence-corrected chi connectivity index (χ2v) is 4.78. The fraction of sp³-hybridized carbons (Fsp3) is 0.636.